The normalized spacial score (nSPS) is 16.2. The van der Waals surface area contributed by atoms with E-state index in [2.05, 4.69) is 17.0 Å². The van der Waals surface area contributed by atoms with Crippen LogP contribution in [0.4, 0.5) is 5.69 Å². The standard InChI is InChI=1S/C14H17NO2S/c1-11-2-4-13(15-6-8-18-9-7-15)12(10-11)3-5-14(16)17/h2-5,10H,6-9H2,1H3,(H,16,17)/b5-3+. The molecule has 0 atom stereocenters. The molecule has 3 nitrogen and oxygen atoms in total. The minimum absolute atomic E-state index is 0.906. The van der Waals surface area contributed by atoms with Crippen molar-refractivity contribution < 1.29 is 9.90 Å². The fraction of sp³-hybridized carbons (Fsp3) is 0.357. The molecule has 96 valence electrons. The summed E-state index contributed by atoms with van der Waals surface area (Å²) in [5.41, 5.74) is 3.28. The number of hydrogen-bond donors (Lipinski definition) is 1. The van der Waals surface area contributed by atoms with E-state index in [-0.39, 0.29) is 0 Å². The van der Waals surface area contributed by atoms with E-state index in [9.17, 15) is 4.79 Å². The Kier molecular flexibility index (Phi) is 4.31. The van der Waals surface area contributed by atoms with Crippen LogP contribution in [0.5, 0.6) is 0 Å². The third-order valence-corrected chi connectivity index (χ3v) is 3.88. The Balaban J connectivity index is 2.30. The lowest BCUT2D eigenvalue weighted by Crippen LogP contribution is -2.32. The van der Waals surface area contributed by atoms with Crippen molar-refractivity contribution >= 4 is 29.5 Å². The van der Waals surface area contributed by atoms with Crippen molar-refractivity contribution in [2.75, 3.05) is 29.5 Å². The molecule has 2 rings (SSSR count). The van der Waals surface area contributed by atoms with Crippen molar-refractivity contribution in [3.8, 4) is 0 Å². The summed E-state index contributed by atoms with van der Waals surface area (Å²) in [4.78, 5) is 13.0. The third-order valence-electron chi connectivity index (χ3n) is 2.94. The van der Waals surface area contributed by atoms with Crippen molar-refractivity contribution in [3.05, 3.63) is 35.4 Å². The summed E-state index contributed by atoms with van der Waals surface area (Å²) in [5, 5.41) is 8.74. The Labute approximate surface area is 111 Å². The van der Waals surface area contributed by atoms with Crippen LogP contribution in [0.25, 0.3) is 6.08 Å². The van der Waals surface area contributed by atoms with Crippen molar-refractivity contribution in [1.82, 2.24) is 0 Å². The fourth-order valence-electron chi connectivity index (χ4n) is 2.06. The zero-order chi connectivity index (χ0) is 13.0. The van der Waals surface area contributed by atoms with E-state index in [1.54, 1.807) is 6.08 Å². The summed E-state index contributed by atoms with van der Waals surface area (Å²) < 4.78 is 0. The second-order valence-corrected chi connectivity index (χ2v) is 5.56. The van der Waals surface area contributed by atoms with E-state index < -0.39 is 5.97 Å². The number of carbonyl (C=O) groups is 1. The first-order chi connectivity index (χ1) is 8.66. The van der Waals surface area contributed by atoms with Crippen molar-refractivity contribution in [1.29, 1.82) is 0 Å². The Morgan fingerprint density at radius 2 is 2.11 bits per heavy atom. The van der Waals surface area contributed by atoms with Gasteiger partial charge in [-0.15, -0.1) is 0 Å². The Morgan fingerprint density at radius 3 is 2.78 bits per heavy atom. The summed E-state index contributed by atoms with van der Waals surface area (Å²) in [5.74, 6) is 1.36. The number of hydrogen-bond acceptors (Lipinski definition) is 3. The first-order valence-corrected chi connectivity index (χ1v) is 7.16. The number of aliphatic carboxylic acids is 1. The van der Waals surface area contributed by atoms with E-state index in [0.29, 0.717) is 0 Å². The second-order valence-electron chi connectivity index (χ2n) is 4.33. The minimum Gasteiger partial charge on any atom is -0.478 e. The summed E-state index contributed by atoms with van der Waals surface area (Å²) in [6.45, 7) is 4.08. The van der Waals surface area contributed by atoms with Crippen molar-refractivity contribution in [2.24, 2.45) is 0 Å². The highest BCUT2D eigenvalue weighted by Gasteiger charge is 2.13. The molecule has 1 aliphatic rings. The van der Waals surface area contributed by atoms with Crippen LogP contribution in [-0.2, 0) is 4.79 Å². The number of carboxylic acids is 1. The molecule has 1 aromatic carbocycles. The van der Waals surface area contributed by atoms with Gasteiger partial charge in [-0.1, -0.05) is 11.6 Å². The van der Waals surface area contributed by atoms with Gasteiger partial charge in [0.05, 0.1) is 0 Å². The van der Waals surface area contributed by atoms with Crippen LogP contribution in [0.2, 0.25) is 0 Å². The van der Waals surface area contributed by atoms with Gasteiger partial charge in [-0.3, -0.25) is 0 Å². The highest BCUT2D eigenvalue weighted by Crippen LogP contribution is 2.26. The molecule has 1 N–H and O–H groups in total. The van der Waals surface area contributed by atoms with Crippen LogP contribution >= 0.6 is 11.8 Å². The zero-order valence-electron chi connectivity index (χ0n) is 10.4. The predicted octanol–water partition coefficient (Wildman–Crippen LogP) is 2.65. The topological polar surface area (TPSA) is 40.5 Å². The molecule has 0 unspecified atom stereocenters. The quantitative estimate of drug-likeness (QED) is 0.851. The van der Waals surface area contributed by atoms with E-state index in [1.807, 2.05) is 24.8 Å². The number of carboxylic acid groups (broad SMARTS) is 1. The van der Waals surface area contributed by atoms with Gasteiger partial charge in [0, 0.05) is 36.4 Å². The molecule has 0 radical (unpaired) electrons. The molecule has 1 aromatic rings. The maximum absolute atomic E-state index is 10.6. The van der Waals surface area contributed by atoms with E-state index in [1.165, 1.54) is 6.08 Å². The molecular formula is C14H17NO2S. The lowest BCUT2D eigenvalue weighted by atomic mass is 10.1. The summed E-state index contributed by atoms with van der Waals surface area (Å²) in [7, 11) is 0. The average Bonchev–Trinajstić information content (AvgIpc) is 2.37. The van der Waals surface area contributed by atoms with E-state index >= 15 is 0 Å². The SMILES string of the molecule is Cc1ccc(N2CCSCC2)c(/C=C/C(=O)O)c1. The van der Waals surface area contributed by atoms with Crippen LogP contribution in [0.1, 0.15) is 11.1 Å². The summed E-state index contributed by atoms with van der Waals surface area (Å²) >= 11 is 1.97. The lowest BCUT2D eigenvalue weighted by molar-refractivity contribution is -0.131. The smallest absolute Gasteiger partial charge is 0.328 e. The number of thioether (sulfide) groups is 1. The molecule has 18 heavy (non-hydrogen) atoms. The van der Waals surface area contributed by atoms with E-state index in [0.717, 1.165) is 41.4 Å². The average molecular weight is 263 g/mol. The first kappa shape index (κ1) is 13.0. The molecule has 1 aliphatic heterocycles. The van der Waals surface area contributed by atoms with Crippen LogP contribution in [-0.4, -0.2) is 35.7 Å². The highest BCUT2D eigenvalue weighted by molar-refractivity contribution is 7.99. The predicted molar refractivity (Wildman–Crippen MR) is 77.4 cm³/mol. The largest absolute Gasteiger partial charge is 0.478 e. The fourth-order valence-corrected chi connectivity index (χ4v) is 2.96. The zero-order valence-corrected chi connectivity index (χ0v) is 11.2. The molecule has 0 saturated carbocycles. The van der Waals surface area contributed by atoms with Crippen molar-refractivity contribution in [3.63, 3.8) is 0 Å². The van der Waals surface area contributed by atoms with E-state index in [4.69, 9.17) is 5.11 Å². The molecule has 1 heterocycles. The number of anilines is 1. The Bertz CT molecular complexity index is 465. The van der Waals surface area contributed by atoms with Crippen LogP contribution < -0.4 is 4.90 Å². The number of nitrogens with zero attached hydrogens (tertiary/aromatic N) is 1. The van der Waals surface area contributed by atoms with Crippen LogP contribution in [0.3, 0.4) is 0 Å². The Hall–Kier alpha value is -1.42. The molecule has 0 bridgehead atoms. The van der Waals surface area contributed by atoms with Gasteiger partial charge in [0.15, 0.2) is 0 Å². The molecular weight excluding hydrogens is 246 g/mol. The van der Waals surface area contributed by atoms with Gasteiger partial charge < -0.3 is 10.0 Å². The molecule has 0 spiro atoms. The minimum atomic E-state index is -0.906. The third kappa shape index (κ3) is 3.29. The second kappa shape index (κ2) is 5.96. The molecule has 1 fully saturated rings. The Morgan fingerprint density at radius 1 is 1.39 bits per heavy atom. The van der Waals surface area contributed by atoms with Gasteiger partial charge in [0.1, 0.15) is 0 Å². The number of rotatable bonds is 3. The van der Waals surface area contributed by atoms with Gasteiger partial charge in [-0.05, 0) is 30.7 Å². The summed E-state index contributed by atoms with van der Waals surface area (Å²) in [6.07, 6.45) is 2.89. The molecule has 0 amide bonds. The molecule has 0 aromatic heterocycles. The van der Waals surface area contributed by atoms with Crippen LogP contribution in [0.15, 0.2) is 24.3 Å². The highest BCUT2D eigenvalue weighted by atomic mass is 32.2. The molecule has 0 aliphatic carbocycles. The van der Waals surface area contributed by atoms with Crippen LogP contribution in [0, 0.1) is 6.92 Å². The van der Waals surface area contributed by atoms with Crippen molar-refractivity contribution in [2.45, 2.75) is 6.92 Å². The summed E-state index contributed by atoms with van der Waals surface area (Å²) in [6, 6.07) is 6.21. The first-order valence-electron chi connectivity index (χ1n) is 6.01. The van der Waals surface area contributed by atoms with Gasteiger partial charge in [0.25, 0.3) is 0 Å². The maximum atomic E-state index is 10.6. The lowest BCUT2D eigenvalue weighted by Gasteiger charge is -2.30. The number of benzene rings is 1. The van der Waals surface area contributed by atoms with Gasteiger partial charge >= 0.3 is 5.97 Å². The molecule has 1 saturated heterocycles. The maximum Gasteiger partial charge on any atom is 0.328 e. The van der Waals surface area contributed by atoms with Gasteiger partial charge in [-0.25, -0.2) is 4.79 Å². The molecule has 4 heteroatoms. The monoisotopic (exact) mass is 263 g/mol. The number of aryl methyl sites for hydroxylation is 1. The van der Waals surface area contributed by atoms with Gasteiger partial charge in [-0.2, -0.15) is 11.8 Å². The van der Waals surface area contributed by atoms with Gasteiger partial charge in [0.2, 0.25) is 0 Å².